The summed E-state index contributed by atoms with van der Waals surface area (Å²) in [5.41, 5.74) is 1.35. The molecule has 0 bridgehead atoms. The minimum Gasteiger partial charge on any atom is -0.341 e. The lowest BCUT2D eigenvalue weighted by Crippen LogP contribution is -2.36. The predicted molar refractivity (Wildman–Crippen MR) is 87.4 cm³/mol. The van der Waals surface area contributed by atoms with E-state index in [1.807, 2.05) is 4.90 Å². The Labute approximate surface area is 132 Å². The van der Waals surface area contributed by atoms with E-state index in [2.05, 4.69) is 49.1 Å². The van der Waals surface area contributed by atoms with Gasteiger partial charge in [0.25, 0.3) is 0 Å². The van der Waals surface area contributed by atoms with Crippen LogP contribution in [0.25, 0.3) is 0 Å². The summed E-state index contributed by atoms with van der Waals surface area (Å²) in [6.45, 7) is 8.19. The number of amides is 1. The Bertz CT molecular complexity index is 449. The van der Waals surface area contributed by atoms with Gasteiger partial charge in [0.1, 0.15) is 5.88 Å². The Balaban J connectivity index is 1.90. The van der Waals surface area contributed by atoms with Gasteiger partial charge in [-0.3, -0.25) is 9.69 Å². The number of nitrogens with zero attached hydrogens (tertiary/aromatic N) is 2. The zero-order chi connectivity index (χ0) is 15.2. The molecule has 1 aromatic carbocycles. The van der Waals surface area contributed by atoms with Crippen LogP contribution >= 0.6 is 11.6 Å². The fourth-order valence-corrected chi connectivity index (χ4v) is 3.07. The molecule has 1 heterocycles. The molecule has 21 heavy (non-hydrogen) atoms. The van der Waals surface area contributed by atoms with E-state index < -0.39 is 0 Å². The molecule has 1 aliphatic heterocycles. The Morgan fingerprint density at radius 1 is 1.38 bits per heavy atom. The summed E-state index contributed by atoms with van der Waals surface area (Å²) in [5.74, 6) is 0.728. The normalized spacial score (nSPS) is 18.7. The van der Waals surface area contributed by atoms with Gasteiger partial charge in [-0.25, -0.2) is 0 Å². The fraction of sp³-hybridized carbons (Fsp3) is 0.588. The van der Waals surface area contributed by atoms with Gasteiger partial charge in [0.15, 0.2) is 0 Å². The molecule has 1 fully saturated rings. The number of rotatable bonds is 6. The maximum atomic E-state index is 11.7. The van der Waals surface area contributed by atoms with E-state index >= 15 is 0 Å². The van der Waals surface area contributed by atoms with Crippen molar-refractivity contribution in [3.05, 3.63) is 35.9 Å². The van der Waals surface area contributed by atoms with Crippen LogP contribution < -0.4 is 0 Å². The molecule has 0 saturated carbocycles. The highest BCUT2D eigenvalue weighted by atomic mass is 35.5. The molecule has 2 rings (SSSR count). The van der Waals surface area contributed by atoms with Crippen molar-refractivity contribution >= 4 is 17.5 Å². The highest BCUT2D eigenvalue weighted by Crippen LogP contribution is 2.20. The first-order valence-electron chi connectivity index (χ1n) is 7.72. The molecule has 0 unspecified atom stereocenters. The van der Waals surface area contributed by atoms with Crippen LogP contribution in [0.4, 0.5) is 0 Å². The Morgan fingerprint density at radius 2 is 2.10 bits per heavy atom. The predicted octanol–water partition coefficient (Wildman–Crippen LogP) is 2.98. The molecule has 116 valence electrons. The molecule has 0 spiro atoms. The molecule has 1 amide bonds. The average molecular weight is 309 g/mol. The maximum Gasteiger partial charge on any atom is 0.237 e. The summed E-state index contributed by atoms with van der Waals surface area (Å²) in [5, 5.41) is 0. The van der Waals surface area contributed by atoms with Crippen LogP contribution in [0.15, 0.2) is 30.3 Å². The lowest BCUT2D eigenvalue weighted by atomic mass is 10.1. The maximum absolute atomic E-state index is 11.7. The number of carbonyl (C=O) groups is 1. The second kappa shape index (κ2) is 7.81. The third-order valence-corrected chi connectivity index (χ3v) is 4.43. The quantitative estimate of drug-likeness (QED) is 0.754. The van der Waals surface area contributed by atoms with Crippen molar-refractivity contribution in [2.45, 2.75) is 32.9 Å². The number of hydrogen-bond acceptors (Lipinski definition) is 2. The molecule has 0 radical (unpaired) electrons. The number of alkyl halides is 1. The van der Waals surface area contributed by atoms with E-state index in [0.717, 1.165) is 32.6 Å². The Hall–Kier alpha value is -1.06. The third-order valence-electron chi connectivity index (χ3n) is 4.20. The molecule has 4 heteroatoms. The lowest BCUT2D eigenvalue weighted by molar-refractivity contribution is -0.127. The van der Waals surface area contributed by atoms with E-state index in [1.54, 1.807) is 0 Å². The van der Waals surface area contributed by atoms with Gasteiger partial charge >= 0.3 is 0 Å². The molecular weight excluding hydrogens is 284 g/mol. The molecule has 1 aromatic rings. The van der Waals surface area contributed by atoms with Crippen molar-refractivity contribution in [1.29, 1.82) is 0 Å². The van der Waals surface area contributed by atoms with Crippen molar-refractivity contribution in [1.82, 2.24) is 9.80 Å². The van der Waals surface area contributed by atoms with E-state index in [4.69, 9.17) is 11.6 Å². The zero-order valence-electron chi connectivity index (χ0n) is 13.0. The molecular formula is C17H25ClN2O. The van der Waals surface area contributed by atoms with Gasteiger partial charge in [-0.05, 0) is 31.7 Å². The second-order valence-corrected chi connectivity index (χ2v) is 6.40. The van der Waals surface area contributed by atoms with Crippen molar-refractivity contribution in [2.75, 3.05) is 25.5 Å². The van der Waals surface area contributed by atoms with Crippen LogP contribution in [0.3, 0.4) is 0 Å². The zero-order valence-corrected chi connectivity index (χ0v) is 13.7. The summed E-state index contributed by atoms with van der Waals surface area (Å²) in [6.07, 6.45) is 1.08. The minimum atomic E-state index is 0.0679. The molecule has 0 aliphatic carbocycles. The van der Waals surface area contributed by atoms with E-state index in [1.165, 1.54) is 5.56 Å². The highest BCUT2D eigenvalue weighted by Gasteiger charge is 2.27. The van der Waals surface area contributed by atoms with Gasteiger partial charge in [-0.15, -0.1) is 11.6 Å². The second-order valence-electron chi connectivity index (χ2n) is 6.14. The van der Waals surface area contributed by atoms with Crippen LogP contribution in [-0.2, 0) is 11.3 Å². The van der Waals surface area contributed by atoms with Gasteiger partial charge in [-0.2, -0.15) is 0 Å². The van der Waals surface area contributed by atoms with Crippen LogP contribution in [0, 0.1) is 5.92 Å². The average Bonchev–Trinajstić information content (AvgIpc) is 2.95. The van der Waals surface area contributed by atoms with E-state index in [-0.39, 0.29) is 11.8 Å². The van der Waals surface area contributed by atoms with Crippen LogP contribution in [0.1, 0.15) is 25.8 Å². The molecule has 1 atom stereocenters. The number of halogens is 1. The van der Waals surface area contributed by atoms with Gasteiger partial charge < -0.3 is 4.90 Å². The Morgan fingerprint density at radius 3 is 2.71 bits per heavy atom. The van der Waals surface area contributed by atoms with Crippen LogP contribution in [0.2, 0.25) is 0 Å². The SMILES string of the molecule is CC(C)N(Cc1ccccc1)C[C@@H]1CCN(C(=O)CCl)C1. The number of likely N-dealkylation sites (tertiary alicyclic amines) is 1. The standard InChI is InChI=1S/C17H25ClN2O/c1-14(2)20(11-15-6-4-3-5-7-15)13-16-8-9-19(12-16)17(21)10-18/h3-7,14,16H,8-13H2,1-2H3/t16-/m1/s1. The number of benzene rings is 1. The largest absolute Gasteiger partial charge is 0.341 e. The van der Waals surface area contributed by atoms with E-state index in [0.29, 0.717) is 12.0 Å². The first kappa shape index (κ1) is 16.3. The summed E-state index contributed by atoms with van der Waals surface area (Å²) in [4.78, 5) is 16.0. The van der Waals surface area contributed by atoms with Crippen LogP contribution in [-0.4, -0.2) is 47.3 Å². The monoisotopic (exact) mass is 308 g/mol. The van der Waals surface area contributed by atoms with Gasteiger partial charge in [0.2, 0.25) is 5.91 Å². The van der Waals surface area contributed by atoms with Crippen molar-refractivity contribution < 1.29 is 4.79 Å². The smallest absolute Gasteiger partial charge is 0.237 e. The van der Waals surface area contributed by atoms with Crippen molar-refractivity contribution in [2.24, 2.45) is 5.92 Å². The molecule has 1 aliphatic rings. The van der Waals surface area contributed by atoms with Gasteiger partial charge in [0, 0.05) is 32.2 Å². The van der Waals surface area contributed by atoms with Gasteiger partial charge in [0.05, 0.1) is 0 Å². The number of hydrogen-bond donors (Lipinski definition) is 0. The Kier molecular flexibility index (Phi) is 6.07. The highest BCUT2D eigenvalue weighted by molar-refractivity contribution is 6.27. The summed E-state index contributed by atoms with van der Waals surface area (Å²) in [7, 11) is 0. The third kappa shape index (κ3) is 4.72. The number of carbonyl (C=O) groups excluding carboxylic acids is 1. The van der Waals surface area contributed by atoms with Gasteiger partial charge in [-0.1, -0.05) is 30.3 Å². The molecule has 3 nitrogen and oxygen atoms in total. The van der Waals surface area contributed by atoms with Crippen molar-refractivity contribution in [3.63, 3.8) is 0 Å². The summed E-state index contributed by atoms with van der Waals surface area (Å²) in [6, 6.07) is 11.1. The molecule has 0 aromatic heterocycles. The lowest BCUT2D eigenvalue weighted by Gasteiger charge is -2.29. The van der Waals surface area contributed by atoms with Crippen LogP contribution in [0.5, 0.6) is 0 Å². The fourth-order valence-electron chi connectivity index (χ4n) is 2.90. The first-order valence-corrected chi connectivity index (χ1v) is 8.25. The van der Waals surface area contributed by atoms with Crippen molar-refractivity contribution in [3.8, 4) is 0 Å². The molecule has 1 saturated heterocycles. The summed E-state index contributed by atoms with van der Waals surface area (Å²) >= 11 is 5.64. The first-order chi connectivity index (χ1) is 10.1. The molecule has 0 N–H and O–H groups in total. The topological polar surface area (TPSA) is 23.6 Å². The van der Waals surface area contributed by atoms with E-state index in [9.17, 15) is 4.79 Å². The summed E-state index contributed by atoms with van der Waals surface area (Å²) < 4.78 is 0. The minimum absolute atomic E-state index is 0.0679.